The van der Waals surface area contributed by atoms with Gasteiger partial charge in [-0.3, -0.25) is 4.79 Å². The molecular weight excluding hydrogens is 272 g/mol. The van der Waals surface area contributed by atoms with Gasteiger partial charge >= 0.3 is 0 Å². The summed E-state index contributed by atoms with van der Waals surface area (Å²) in [6.07, 6.45) is 1.16. The van der Waals surface area contributed by atoms with E-state index in [0.29, 0.717) is 6.42 Å². The fourth-order valence-electron chi connectivity index (χ4n) is 2.52. The molecule has 1 unspecified atom stereocenters. The van der Waals surface area contributed by atoms with E-state index in [-0.39, 0.29) is 11.9 Å². The Labute approximate surface area is 122 Å². The van der Waals surface area contributed by atoms with Gasteiger partial charge < -0.3 is 11.1 Å². The zero-order valence-corrected chi connectivity index (χ0v) is 11.7. The molecule has 102 valence electrons. The lowest BCUT2D eigenvalue weighted by Crippen LogP contribution is -2.13. The Hall–Kier alpha value is -1.84. The van der Waals surface area contributed by atoms with Crippen molar-refractivity contribution in [3.63, 3.8) is 0 Å². The van der Waals surface area contributed by atoms with Crippen LogP contribution in [0.25, 0.3) is 0 Å². The molecule has 0 saturated carbocycles. The summed E-state index contributed by atoms with van der Waals surface area (Å²) in [7, 11) is 0. The summed E-state index contributed by atoms with van der Waals surface area (Å²) in [5.74, 6) is 0.0422. The van der Waals surface area contributed by atoms with Gasteiger partial charge in [0.25, 0.3) is 0 Å². The molecule has 0 radical (unpaired) electrons. The van der Waals surface area contributed by atoms with Crippen LogP contribution < -0.4 is 11.1 Å². The van der Waals surface area contributed by atoms with Crippen LogP contribution in [0.4, 0.5) is 5.69 Å². The highest BCUT2D eigenvalue weighted by Gasteiger charge is 2.19. The number of carbonyl (C=O) groups is 1. The van der Waals surface area contributed by atoms with Crippen molar-refractivity contribution in [2.24, 2.45) is 5.73 Å². The summed E-state index contributed by atoms with van der Waals surface area (Å²) in [4.78, 5) is 11.4. The van der Waals surface area contributed by atoms with Crippen molar-refractivity contribution < 1.29 is 4.79 Å². The van der Waals surface area contributed by atoms with E-state index in [2.05, 4.69) is 5.32 Å². The molecule has 4 heteroatoms. The van der Waals surface area contributed by atoms with Crippen molar-refractivity contribution >= 4 is 23.2 Å². The van der Waals surface area contributed by atoms with E-state index in [4.69, 9.17) is 17.3 Å². The van der Waals surface area contributed by atoms with Crippen LogP contribution in [-0.2, 0) is 17.6 Å². The molecule has 0 fully saturated rings. The average molecular weight is 287 g/mol. The first-order valence-corrected chi connectivity index (χ1v) is 6.92. The summed E-state index contributed by atoms with van der Waals surface area (Å²) in [6.45, 7) is 0. The average Bonchev–Trinajstić information content (AvgIpc) is 2.77. The Balaban J connectivity index is 1.79. The van der Waals surface area contributed by atoms with E-state index in [0.717, 1.165) is 33.8 Å². The molecule has 3 N–H and O–H groups in total. The van der Waals surface area contributed by atoms with Gasteiger partial charge in [-0.15, -0.1) is 0 Å². The standard InChI is InChI=1S/C16H15ClN2O/c17-13-3-1-2-10(6-13)7-14(18)11-4-5-15-12(8-11)9-16(20)19-15/h1-6,8,14H,7,9,18H2,(H,19,20). The number of hydrogen-bond acceptors (Lipinski definition) is 2. The minimum Gasteiger partial charge on any atom is -0.326 e. The van der Waals surface area contributed by atoms with E-state index < -0.39 is 0 Å². The van der Waals surface area contributed by atoms with Crippen LogP contribution in [0.1, 0.15) is 22.7 Å². The van der Waals surface area contributed by atoms with Crippen molar-refractivity contribution in [3.8, 4) is 0 Å². The van der Waals surface area contributed by atoms with Gasteiger partial charge in [0.2, 0.25) is 5.91 Å². The molecule has 0 saturated heterocycles. The molecule has 3 nitrogen and oxygen atoms in total. The smallest absolute Gasteiger partial charge is 0.228 e. The maximum absolute atomic E-state index is 11.4. The Morgan fingerprint density at radius 2 is 2.10 bits per heavy atom. The number of fused-ring (bicyclic) bond motifs is 1. The first-order valence-electron chi connectivity index (χ1n) is 6.54. The van der Waals surface area contributed by atoms with E-state index in [1.165, 1.54) is 0 Å². The Morgan fingerprint density at radius 3 is 2.90 bits per heavy atom. The number of anilines is 1. The quantitative estimate of drug-likeness (QED) is 0.911. The van der Waals surface area contributed by atoms with Crippen molar-refractivity contribution in [2.75, 3.05) is 5.32 Å². The molecule has 1 heterocycles. The van der Waals surface area contributed by atoms with Gasteiger partial charge in [-0.05, 0) is 41.3 Å². The van der Waals surface area contributed by atoms with Crippen molar-refractivity contribution in [1.82, 2.24) is 0 Å². The Kier molecular flexibility index (Phi) is 3.47. The summed E-state index contributed by atoms with van der Waals surface area (Å²) >= 11 is 5.98. The van der Waals surface area contributed by atoms with Gasteiger partial charge in [0.1, 0.15) is 0 Å². The minimum absolute atomic E-state index is 0.0422. The monoisotopic (exact) mass is 286 g/mol. The Morgan fingerprint density at radius 1 is 1.25 bits per heavy atom. The van der Waals surface area contributed by atoms with Crippen molar-refractivity contribution in [3.05, 3.63) is 64.2 Å². The van der Waals surface area contributed by atoms with E-state index in [1.807, 2.05) is 42.5 Å². The second-order valence-electron chi connectivity index (χ2n) is 5.08. The molecule has 3 rings (SSSR count). The number of halogens is 1. The molecule has 0 aromatic heterocycles. The highest BCUT2D eigenvalue weighted by molar-refractivity contribution is 6.30. The summed E-state index contributed by atoms with van der Waals surface area (Å²) in [6, 6.07) is 13.5. The molecule has 1 amide bonds. The van der Waals surface area contributed by atoms with Crippen LogP contribution in [0.3, 0.4) is 0 Å². The second kappa shape index (κ2) is 5.27. The number of hydrogen-bond donors (Lipinski definition) is 2. The summed E-state index contributed by atoms with van der Waals surface area (Å²) < 4.78 is 0. The second-order valence-corrected chi connectivity index (χ2v) is 5.52. The van der Waals surface area contributed by atoms with Crippen LogP contribution in [0.5, 0.6) is 0 Å². The van der Waals surface area contributed by atoms with Crippen LogP contribution >= 0.6 is 11.6 Å². The third-order valence-electron chi connectivity index (χ3n) is 3.53. The highest BCUT2D eigenvalue weighted by Crippen LogP contribution is 2.27. The predicted octanol–water partition coefficient (Wildman–Crippen LogP) is 3.08. The van der Waals surface area contributed by atoms with Gasteiger partial charge in [-0.25, -0.2) is 0 Å². The molecule has 0 bridgehead atoms. The fraction of sp³-hybridized carbons (Fsp3) is 0.188. The maximum Gasteiger partial charge on any atom is 0.228 e. The number of rotatable bonds is 3. The fourth-order valence-corrected chi connectivity index (χ4v) is 2.73. The number of nitrogens with one attached hydrogen (secondary N) is 1. The molecule has 1 atom stereocenters. The van der Waals surface area contributed by atoms with Crippen LogP contribution in [0.2, 0.25) is 5.02 Å². The number of nitrogens with two attached hydrogens (primary N) is 1. The highest BCUT2D eigenvalue weighted by atomic mass is 35.5. The topological polar surface area (TPSA) is 55.1 Å². The zero-order chi connectivity index (χ0) is 14.1. The predicted molar refractivity (Wildman–Crippen MR) is 80.9 cm³/mol. The summed E-state index contributed by atoms with van der Waals surface area (Å²) in [5, 5.41) is 3.54. The van der Waals surface area contributed by atoms with Gasteiger partial charge in [0.15, 0.2) is 0 Å². The minimum atomic E-state index is -0.102. The lowest BCUT2D eigenvalue weighted by atomic mass is 9.97. The lowest BCUT2D eigenvalue weighted by molar-refractivity contribution is -0.115. The number of carbonyl (C=O) groups excluding carboxylic acids is 1. The van der Waals surface area contributed by atoms with Crippen LogP contribution in [0, 0.1) is 0 Å². The lowest BCUT2D eigenvalue weighted by Gasteiger charge is -2.13. The van der Waals surface area contributed by atoms with Gasteiger partial charge in [-0.1, -0.05) is 35.9 Å². The molecule has 1 aliphatic heterocycles. The van der Waals surface area contributed by atoms with Crippen LogP contribution in [-0.4, -0.2) is 5.91 Å². The molecule has 2 aromatic carbocycles. The molecular formula is C16H15ClN2O. The maximum atomic E-state index is 11.4. The molecule has 20 heavy (non-hydrogen) atoms. The van der Waals surface area contributed by atoms with E-state index in [9.17, 15) is 4.79 Å². The molecule has 0 aliphatic carbocycles. The van der Waals surface area contributed by atoms with Gasteiger partial charge in [-0.2, -0.15) is 0 Å². The largest absolute Gasteiger partial charge is 0.326 e. The van der Waals surface area contributed by atoms with Gasteiger partial charge in [0, 0.05) is 16.8 Å². The molecule has 2 aromatic rings. The normalized spacial score (nSPS) is 14.8. The molecule has 0 spiro atoms. The third-order valence-corrected chi connectivity index (χ3v) is 3.76. The van der Waals surface area contributed by atoms with Gasteiger partial charge in [0.05, 0.1) is 6.42 Å². The van der Waals surface area contributed by atoms with Crippen molar-refractivity contribution in [2.45, 2.75) is 18.9 Å². The first kappa shape index (κ1) is 13.2. The SMILES string of the molecule is NC(Cc1cccc(Cl)c1)c1ccc2c(c1)CC(=O)N2. The first-order chi connectivity index (χ1) is 9.61. The summed E-state index contributed by atoms with van der Waals surface area (Å²) in [5.41, 5.74) is 10.3. The van der Waals surface area contributed by atoms with Crippen LogP contribution in [0.15, 0.2) is 42.5 Å². The zero-order valence-electron chi connectivity index (χ0n) is 10.9. The number of benzene rings is 2. The van der Waals surface area contributed by atoms with Crippen molar-refractivity contribution in [1.29, 1.82) is 0 Å². The third kappa shape index (κ3) is 2.69. The van der Waals surface area contributed by atoms with E-state index >= 15 is 0 Å². The Bertz CT molecular complexity index is 669. The van der Waals surface area contributed by atoms with E-state index in [1.54, 1.807) is 0 Å². The number of amides is 1. The molecule has 1 aliphatic rings.